The van der Waals surface area contributed by atoms with Crippen molar-refractivity contribution in [2.75, 3.05) is 71.7 Å². The summed E-state index contributed by atoms with van der Waals surface area (Å²) < 4.78 is 16.6. The third-order valence-corrected chi connectivity index (χ3v) is 5.08. The molecule has 1 aliphatic rings. The second kappa shape index (κ2) is 12.3. The van der Waals surface area contributed by atoms with Crippen LogP contribution in [-0.4, -0.2) is 76.6 Å². The van der Waals surface area contributed by atoms with E-state index < -0.39 is 0 Å². The number of rotatable bonds is 11. The lowest BCUT2D eigenvalue weighted by Crippen LogP contribution is -2.38. The first-order valence-corrected chi connectivity index (χ1v) is 10.7. The van der Waals surface area contributed by atoms with E-state index in [1.54, 1.807) is 7.11 Å². The fraction of sp³-hybridized carbons (Fsp3) is 0.522. The number of ether oxygens (including phenoxy) is 3. The lowest BCUT2D eigenvalue weighted by Gasteiger charge is -2.26. The van der Waals surface area contributed by atoms with E-state index in [0.717, 1.165) is 56.5 Å². The standard InChI is InChI=1S/C23H33N5O3/c1-19-5-4-6-20(15-19)18-24-26-22-16-21(17-23(25-22)27(2)7-11-29-3)31-14-10-28-8-12-30-13-9-28/h4-6,15-17H,7-14,18H2,1-3H3. The molecule has 1 saturated heterocycles. The topological polar surface area (TPSA) is 71.8 Å². The second-order valence-electron chi connectivity index (χ2n) is 7.62. The molecule has 0 bridgehead atoms. The minimum atomic E-state index is 0.514. The molecule has 2 heterocycles. The molecule has 0 N–H and O–H groups in total. The third kappa shape index (κ3) is 7.90. The van der Waals surface area contributed by atoms with Gasteiger partial charge >= 0.3 is 0 Å². The summed E-state index contributed by atoms with van der Waals surface area (Å²) in [5, 5.41) is 8.71. The van der Waals surface area contributed by atoms with Crippen molar-refractivity contribution in [2.24, 2.45) is 10.2 Å². The van der Waals surface area contributed by atoms with Crippen molar-refractivity contribution in [2.45, 2.75) is 13.5 Å². The van der Waals surface area contributed by atoms with Crippen LogP contribution in [0.25, 0.3) is 0 Å². The first-order chi connectivity index (χ1) is 15.1. The van der Waals surface area contributed by atoms with Gasteiger partial charge in [-0.25, -0.2) is 4.98 Å². The van der Waals surface area contributed by atoms with Gasteiger partial charge in [0.05, 0.1) is 26.4 Å². The first-order valence-electron chi connectivity index (χ1n) is 10.7. The molecule has 2 aromatic rings. The van der Waals surface area contributed by atoms with Crippen molar-refractivity contribution in [3.05, 3.63) is 47.5 Å². The quantitative estimate of drug-likeness (QED) is 0.512. The van der Waals surface area contributed by atoms with Crippen LogP contribution in [0.4, 0.5) is 11.6 Å². The van der Waals surface area contributed by atoms with Crippen molar-refractivity contribution >= 4 is 11.6 Å². The summed E-state index contributed by atoms with van der Waals surface area (Å²) in [5.41, 5.74) is 2.34. The number of aromatic nitrogens is 1. The molecule has 1 aliphatic heterocycles. The van der Waals surface area contributed by atoms with E-state index >= 15 is 0 Å². The zero-order valence-electron chi connectivity index (χ0n) is 18.8. The lowest BCUT2D eigenvalue weighted by atomic mass is 10.1. The van der Waals surface area contributed by atoms with Crippen molar-refractivity contribution in [3.63, 3.8) is 0 Å². The van der Waals surface area contributed by atoms with E-state index in [1.807, 2.05) is 30.1 Å². The van der Waals surface area contributed by atoms with E-state index in [0.29, 0.717) is 25.6 Å². The zero-order valence-corrected chi connectivity index (χ0v) is 18.8. The highest BCUT2D eigenvalue weighted by Gasteiger charge is 2.11. The normalized spacial score (nSPS) is 14.8. The van der Waals surface area contributed by atoms with E-state index in [4.69, 9.17) is 14.2 Å². The Morgan fingerprint density at radius 1 is 1.16 bits per heavy atom. The van der Waals surface area contributed by atoms with Gasteiger partial charge in [0.25, 0.3) is 0 Å². The molecular formula is C23H33N5O3. The number of anilines is 1. The van der Waals surface area contributed by atoms with Gasteiger partial charge in [-0.05, 0) is 12.5 Å². The molecule has 8 nitrogen and oxygen atoms in total. The van der Waals surface area contributed by atoms with Gasteiger partial charge in [-0.1, -0.05) is 29.8 Å². The third-order valence-electron chi connectivity index (χ3n) is 5.08. The van der Waals surface area contributed by atoms with Crippen LogP contribution >= 0.6 is 0 Å². The van der Waals surface area contributed by atoms with Gasteiger partial charge in [0.15, 0.2) is 5.82 Å². The fourth-order valence-electron chi connectivity index (χ4n) is 3.27. The van der Waals surface area contributed by atoms with Gasteiger partial charge in [0.1, 0.15) is 18.2 Å². The van der Waals surface area contributed by atoms with Crippen molar-refractivity contribution < 1.29 is 14.2 Å². The number of pyridine rings is 1. The monoisotopic (exact) mass is 427 g/mol. The maximum absolute atomic E-state index is 6.04. The molecule has 31 heavy (non-hydrogen) atoms. The molecule has 1 aromatic heterocycles. The molecule has 3 rings (SSSR count). The van der Waals surface area contributed by atoms with Crippen LogP contribution in [0.5, 0.6) is 5.75 Å². The number of benzene rings is 1. The van der Waals surface area contributed by atoms with Crippen LogP contribution in [0.15, 0.2) is 46.6 Å². The summed E-state index contributed by atoms with van der Waals surface area (Å²) >= 11 is 0. The largest absolute Gasteiger partial charge is 0.492 e. The molecule has 1 aromatic carbocycles. The number of aryl methyl sites for hydroxylation is 1. The zero-order chi connectivity index (χ0) is 21.9. The van der Waals surface area contributed by atoms with Crippen molar-refractivity contribution in [1.29, 1.82) is 0 Å². The minimum Gasteiger partial charge on any atom is -0.492 e. The smallest absolute Gasteiger partial charge is 0.179 e. The second-order valence-corrected chi connectivity index (χ2v) is 7.62. The van der Waals surface area contributed by atoms with Gasteiger partial charge < -0.3 is 19.1 Å². The molecule has 168 valence electrons. The molecule has 0 unspecified atom stereocenters. The average molecular weight is 428 g/mol. The number of nitrogens with zero attached hydrogens (tertiary/aromatic N) is 5. The number of azo groups is 1. The van der Waals surface area contributed by atoms with Crippen LogP contribution in [0.3, 0.4) is 0 Å². The summed E-state index contributed by atoms with van der Waals surface area (Å²) in [6.45, 7) is 8.86. The highest BCUT2D eigenvalue weighted by Crippen LogP contribution is 2.25. The molecule has 0 aliphatic carbocycles. The number of morpholine rings is 1. The fourth-order valence-corrected chi connectivity index (χ4v) is 3.27. The number of hydrogen-bond acceptors (Lipinski definition) is 8. The number of hydrogen-bond donors (Lipinski definition) is 0. The Balaban J connectivity index is 1.66. The molecule has 0 amide bonds. The first kappa shape index (κ1) is 23.1. The predicted molar refractivity (Wildman–Crippen MR) is 122 cm³/mol. The summed E-state index contributed by atoms with van der Waals surface area (Å²) in [7, 11) is 3.67. The molecular weight excluding hydrogens is 394 g/mol. The van der Waals surface area contributed by atoms with Crippen LogP contribution in [-0.2, 0) is 16.0 Å². The maximum atomic E-state index is 6.04. The summed E-state index contributed by atoms with van der Waals surface area (Å²) in [6, 6.07) is 12.0. The molecule has 8 heteroatoms. The van der Waals surface area contributed by atoms with Gasteiger partial charge in [-0.15, -0.1) is 5.11 Å². The van der Waals surface area contributed by atoms with Crippen molar-refractivity contribution in [3.8, 4) is 5.75 Å². The Morgan fingerprint density at radius 3 is 2.77 bits per heavy atom. The molecule has 0 saturated carbocycles. The Bertz CT molecular complexity index is 840. The highest BCUT2D eigenvalue weighted by molar-refractivity contribution is 5.50. The predicted octanol–water partition coefficient (Wildman–Crippen LogP) is 3.47. The lowest BCUT2D eigenvalue weighted by molar-refractivity contribution is 0.0322. The van der Waals surface area contributed by atoms with Gasteiger partial charge in [-0.2, -0.15) is 5.11 Å². The van der Waals surface area contributed by atoms with Crippen LogP contribution in [0, 0.1) is 6.92 Å². The average Bonchev–Trinajstić information content (AvgIpc) is 2.78. The number of likely N-dealkylation sites (N-methyl/N-ethyl adjacent to an activating group) is 1. The van der Waals surface area contributed by atoms with Gasteiger partial charge in [0.2, 0.25) is 0 Å². The maximum Gasteiger partial charge on any atom is 0.179 e. The van der Waals surface area contributed by atoms with E-state index in [2.05, 4.69) is 45.2 Å². The van der Waals surface area contributed by atoms with E-state index in [-0.39, 0.29) is 0 Å². The Labute approximate surface area is 184 Å². The summed E-state index contributed by atoms with van der Waals surface area (Å²) in [6.07, 6.45) is 0. The Morgan fingerprint density at radius 2 is 2.00 bits per heavy atom. The molecule has 0 atom stereocenters. The molecule has 1 fully saturated rings. The van der Waals surface area contributed by atoms with Gasteiger partial charge in [-0.3, -0.25) is 4.90 Å². The minimum absolute atomic E-state index is 0.514. The number of methoxy groups -OCH3 is 1. The van der Waals surface area contributed by atoms with Gasteiger partial charge in [0, 0.05) is 52.5 Å². The van der Waals surface area contributed by atoms with E-state index in [1.165, 1.54) is 5.56 Å². The van der Waals surface area contributed by atoms with E-state index in [9.17, 15) is 0 Å². The van der Waals surface area contributed by atoms with Crippen molar-refractivity contribution in [1.82, 2.24) is 9.88 Å². The van der Waals surface area contributed by atoms with Crippen LogP contribution in [0.2, 0.25) is 0 Å². The molecule has 0 radical (unpaired) electrons. The summed E-state index contributed by atoms with van der Waals surface area (Å²) in [5.74, 6) is 2.06. The van der Waals surface area contributed by atoms with Crippen LogP contribution < -0.4 is 9.64 Å². The molecule has 0 spiro atoms. The Hall–Kier alpha value is -2.55. The van der Waals surface area contributed by atoms with Crippen LogP contribution in [0.1, 0.15) is 11.1 Å². The summed E-state index contributed by atoms with van der Waals surface area (Å²) in [4.78, 5) is 9.01. The highest BCUT2D eigenvalue weighted by atomic mass is 16.5. The Kier molecular flexibility index (Phi) is 9.20. The SMILES string of the molecule is COCCN(C)c1cc(OCCN2CCOCC2)cc(N=NCc2cccc(C)c2)n1.